The number of aryl methyl sites for hydroxylation is 1. The molecule has 24 heavy (non-hydrogen) atoms. The van der Waals surface area contributed by atoms with Crippen LogP contribution in [-0.4, -0.2) is 37.9 Å². The molecule has 5 heteroatoms. The minimum atomic E-state index is -0.0585. The molecule has 2 saturated heterocycles. The van der Waals surface area contributed by atoms with E-state index in [9.17, 15) is 4.79 Å². The minimum Gasteiger partial charge on any atom is -0.497 e. The molecule has 5 nitrogen and oxygen atoms in total. The second-order valence-electron chi connectivity index (χ2n) is 7.22. The maximum Gasteiger partial charge on any atom is 0.315 e. The lowest BCUT2D eigenvalue weighted by atomic mass is 9.82. The van der Waals surface area contributed by atoms with Gasteiger partial charge in [0, 0.05) is 12.5 Å². The van der Waals surface area contributed by atoms with Crippen molar-refractivity contribution in [2.75, 3.05) is 13.7 Å². The summed E-state index contributed by atoms with van der Waals surface area (Å²) in [6, 6.07) is 6.43. The van der Waals surface area contributed by atoms with Crippen LogP contribution in [0.4, 0.5) is 4.79 Å². The monoisotopic (exact) mass is 330 g/mol. The topological polar surface area (TPSA) is 59.6 Å². The second-order valence-corrected chi connectivity index (χ2v) is 7.22. The SMILES string of the molecule is COc1ccc2c(c1)CCC[C@@H]2CNC(=O)N[C@H]1C[C@H]2CC[C@H]1O2. The number of methoxy groups -OCH3 is 1. The first-order chi connectivity index (χ1) is 11.7. The van der Waals surface area contributed by atoms with E-state index in [1.54, 1.807) is 7.11 Å². The highest BCUT2D eigenvalue weighted by atomic mass is 16.5. The van der Waals surface area contributed by atoms with E-state index in [0.717, 1.165) is 44.3 Å². The molecule has 4 rings (SSSR count). The zero-order chi connectivity index (χ0) is 16.5. The van der Waals surface area contributed by atoms with Gasteiger partial charge in [0.05, 0.1) is 25.4 Å². The van der Waals surface area contributed by atoms with Crippen LogP contribution in [0.15, 0.2) is 18.2 Å². The molecule has 1 aliphatic carbocycles. The average molecular weight is 330 g/mol. The van der Waals surface area contributed by atoms with E-state index in [2.05, 4.69) is 22.8 Å². The first-order valence-electron chi connectivity index (χ1n) is 9.09. The highest BCUT2D eigenvalue weighted by Crippen LogP contribution is 2.35. The molecule has 0 saturated carbocycles. The number of ether oxygens (including phenoxy) is 2. The van der Waals surface area contributed by atoms with Crippen LogP contribution in [0.3, 0.4) is 0 Å². The minimum absolute atomic E-state index is 0.0585. The van der Waals surface area contributed by atoms with Crippen molar-refractivity contribution in [3.8, 4) is 5.75 Å². The summed E-state index contributed by atoms with van der Waals surface area (Å²) in [6.45, 7) is 0.687. The van der Waals surface area contributed by atoms with Gasteiger partial charge in [0.2, 0.25) is 0 Å². The van der Waals surface area contributed by atoms with Crippen molar-refractivity contribution in [2.45, 2.75) is 62.7 Å². The summed E-state index contributed by atoms with van der Waals surface area (Å²) in [6.07, 6.45) is 7.15. The van der Waals surface area contributed by atoms with Gasteiger partial charge in [0.25, 0.3) is 0 Å². The van der Waals surface area contributed by atoms with E-state index in [1.165, 1.54) is 11.1 Å². The Morgan fingerprint density at radius 3 is 3.00 bits per heavy atom. The summed E-state index contributed by atoms with van der Waals surface area (Å²) in [5.74, 6) is 1.30. The zero-order valence-corrected chi connectivity index (χ0v) is 14.2. The molecule has 0 radical (unpaired) electrons. The lowest BCUT2D eigenvalue weighted by Crippen LogP contribution is -2.47. The Balaban J connectivity index is 1.32. The van der Waals surface area contributed by atoms with Crippen LogP contribution in [0.5, 0.6) is 5.75 Å². The van der Waals surface area contributed by atoms with Gasteiger partial charge >= 0.3 is 6.03 Å². The van der Waals surface area contributed by atoms with Gasteiger partial charge in [-0.2, -0.15) is 0 Å². The molecule has 0 spiro atoms. The molecule has 1 aromatic rings. The van der Waals surface area contributed by atoms with Gasteiger partial charge in [0.15, 0.2) is 0 Å². The molecule has 0 aromatic heterocycles. The smallest absolute Gasteiger partial charge is 0.315 e. The third-order valence-corrected chi connectivity index (χ3v) is 5.72. The summed E-state index contributed by atoms with van der Waals surface area (Å²) in [4.78, 5) is 12.2. The van der Waals surface area contributed by atoms with Crippen molar-refractivity contribution in [2.24, 2.45) is 0 Å². The molecule has 2 N–H and O–H groups in total. The first-order valence-corrected chi connectivity index (χ1v) is 9.09. The van der Waals surface area contributed by atoms with Crippen molar-refractivity contribution in [3.05, 3.63) is 29.3 Å². The van der Waals surface area contributed by atoms with Crippen molar-refractivity contribution < 1.29 is 14.3 Å². The normalized spacial score (nSPS) is 30.7. The van der Waals surface area contributed by atoms with E-state index in [0.29, 0.717) is 18.6 Å². The number of fused-ring (bicyclic) bond motifs is 3. The summed E-state index contributed by atoms with van der Waals surface area (Å²) >= 11 is 0. The molecule has 130 valence electrons. The fourth-order valence-corrected chi connectivity index (χ4v) is 4.46. The molecule has 3 aliphatic rings. The van der Waals surface area contributed by atoms with Gasteiger partial charge in [-0.25, -0.2) is 4.79 Å². The van der Waals surface area contributed by atoms with Crippen LogP contribution in [-0.2, 0) is 11.2 Å². The van der Waals surface area contributed by atoms with Crippen LogP contribution in [0.1, 0.15) is 49.1 Å². The molecule has 2 amide bonds. The molecule has 2 bridgehead atoms. The average Bonchev–Trinajstić information content (AvgIpc) is 3.22. The standard InChI is InChI=1S/C19H26N2O3/c1-23-14-5-7-16-12(9-14)3-2-4-13(16)11-20-19(22)21-17-10-15-6-8-18(17)24-15/h5,7,9,13,15,17-18H,2-4,6,8,10-11H2,1H3,(H2,20,21,22)/t13-,15-,17+,18-/m1/s1. The molecule has 2 aliphatic heterocycles. The Morgan fingerprint density at radius 1 is 1.33 bits per heavy atom. The number of benzene rings is 1. The first kappa shape index (κ1) is 15.8. The number of hydrogen-bond donors (Lipinski definition) is 2. The van der Waals surface area contributed by atoms with Crippen LogP contribution < -0.4 is 15.4 Å². The van der Waals surface area contributed by atoms with E-state index >= 15 is 0 Å². The molecular weight excluding hydrogens is 304 g/mol. The molecule has 2 heterocycles. The number of hydrogen-bond acceptors (Lipinski definition) is 3. The lowest BCUT2D eigenvalue weighted by Gasteiger charge is -2.27. The zero-order valence-electron chi connectivity index (χ0n) is 14.2. The fourth-order valence-electron chi connectivity index (χ4n) is 4.46. The summed E-state index contributed by atoms with van der Waals surface area (Å²) in [7, 11) is 1.70. The summed E-state index contributed by atoms with van der Waals surface area (Å²) < 4.78 is 11.1. The quantitative estimate of drug-likeness (QED) is 0.892. The Kier molecular flexibility index (Phi) is 4.35. The van der Waals surface area contributed by atoms with Crippen molar-refractivity contribution in [3.63, 3.8) is 0 Å². The summed E-state index contributed by atoms with van der Waals surface area (Å²) in [5.41, 5.74) is 2.71. The maximum atomic E-state index is 12.2. The maximum absolute atomic E-state index is 12.2. The van der Waals surface area contributed by atoms with Gasteiger partial charge in [-0.05, 0) is 61.8 Å². The van der Waals surface area contributed by atoms with Crippen molar-refractivity contribution >= 4 is 6.03 Å². The van der Waals surface area contributed by atoms with Gasteiger partial charge in [0.1, 0.15) is 5.75 Å². The third kappa shape index (κ3) is 3.09. The lowest BCUT2D eigenvalue weighted by molar-refractivity contribution is 0.0981. The van der Waals surface area contributed by atoms with Crippen LogP contribution in [0, 0.1) is 0 Å². The molecule has 2 fully saturated rings. The number of amides is 2. The van der Waals surface area contributed by atoms with E-state index in [4.69, 9.17) is 9.47 Å². The number of nitrogens with one attached hydrogen (secondary N) is 2. The van der Waals surface area contributed by atoms with Gasteiger partial charge in [-0.15, -0.1) is 0 Å². The van der Waals surface area contributed by atoms with Crippen LogP contribution in [0.25, 0.3) is 0 Å². The molecule has 1 aromatic carbocycles. The summed E-state index contributed by atoms with van der Waals surface area (Å²) in [5, 5.41) is 6.17. The Hall–Kier alpha value is -1.75. The molecule has 4 atom stereocenters. The van der Waals surface area contributed by atoms with Gasteiger partial charge in [-0.1, -0.05) is 6.07 Å². The predicted octanol–water partition coefficient (Wildman–Crippen LogP) is 2.73. The van der Waals surface area contributed by atoms with Gasteiger partial charge < -0.3 is 20.1 Å². The Bertz CT molecular complexity index is 619. The van der Waals surface area contributed by atoms with Gasteiger partial charge in [-0.3, -0.25) is 0 Å². The van der Waals surface area contributed by atoms with Crippen molar-refractivity contribution in [1.29, 1.82) is 0 Å². The predicted molar refractivity (Wildman–Crippen MR) is 91.5 cm³/mol. The van der Waals surface area contributed by atoms with Crippen LogP contribution >= 0.6 is 0 Å². The van der Waals surface area contributed by atoms with E-state index in [1.807, 2.05) is 6.07 Å². The number of carbonyl (C=O) groups excluding carboxylic acids is 1. The van der Waals surface area contributed by atoms with E-state index < -0.39 is 0 Å². The number of urea groups is 1. The Labute approximate surface area is 143 Å². The fraction of sp³-hybridized carbons (Fsp3) is 0.632. The van der Waals surface area contributed by atoms with Crippen molar-refractivity contribution in [1.82, 2.24) is 10.6 Å². The number of carbonyl (C=O) groups is 1. The molecular formula is C19H26N2O3. The highest BCUT2D eigenvalue weighted by molar-refractivity contribution is 5.74. The number of rotatable bonds is 4. The highest BCUT2D eigenvalue weighted by Gasteiger charge is 2.41. The Morgan fingerprint density at radius 2 is 2.25 bits per heavy atom. The second kappa shape index (κ2) is 6.63. The molecule has 0 unspecified atom stereocenters. The largest absolute Gasteiger partial charge is 0.497 e. The third-order valence-electron chi connectivity index (χ3n) is 5.72. The van der Waals surface area contributed by atoms with E-state index in [-0.39, 0.29) is 18.2 Å². The van der Waals surface area contributed by atoms with Crippen LogP contribution in [0.2, 0.25) is 0 Å².